The molecule has 0 aromatic carbocycles. The summed E-state index contributed by atoms with van der Waals surface area (Å²) in [6.07, 6.45) is 2.71. The van der Waals surface area contributed by atoms with Crippen molar-refractivity contribution in [3.63, 3.8) is 0 Å². The molecule has 0 N–H and O–H groups in total. The van der Waals surface area contributed by atoms with E-state index in [1.165, 1.54) is 23.1 Å². The largest absolute Gasteiger partial charge is 0.462 e. The fourth-order valence-corrected chi connectivity index (χ4v) is 2.10. The molecule has 0 radical (unpaired) electrons. The lowest BCUT2D eigenvalue weighted by Gasteiger charge is -2.05. The molecule has 0 bridgehead atoms. The molecule has 8 heteroatoms. The summed E-state index contributed by atoms with van der Waals surface area (Å²) in [5.41, 5.74) is 0.149. The highest BCUT2D eigenvalue weighted by Gasteiger charge is 2.19. The number of rotatable bonds is 3. The highest BCUT2D eigenvalue weighted by atomic mass is 35.5. The van der Waals surface area contributed by atoms with E-state index >= 15 is 0 Å². The van der Waals surface area contributed by atoms with E-state index < -0.39 is 5.97 Å². The molecule has 0 atom stereocenters. The Morgan fingerprint density at radius 1 is 1.37 bits per heavy atom. The van der Waals surface area contributed by atoms with Crippen molar-refractivity contribution in [3.05, 3.63) is 39.2 Å². The van der Waals surface area contributed by atoms with Crippen LogP contribution in [0.4, 0.5) is 0 Å². The van der Waals surface area contributed by atoms with Crippen LogP contribution in [0.1, 0.15) is 17.3 Å². The van der Waals surface area contributed by atoms with Crippen LogP contribution < -0.4 is 0 Å². The van der Waals surface area contributed by atoms with E-state index in [4.69, 9.17) is 39.5 Å². The lowest BCUT2D eigenvalue weighted by atomic mass is 10.4. The van der Waals surface area contributed by atoms with Gasteiger partial charge in [0, 0.05) is 6.20 Å². The fraction of sp³-hybridized carbons (Fsp3) is 0.182. The van der Waals surface area contributed by atoms with Crippen LogP contribution >= 0.6 is 34.8 Å². The van der Waals surface area contributed by atoms with Gasteiger partial charge in [-0.1, -0.05) is 34.8 Å². The maximum absolute atomic E-state index is 11.6. The molecule has 0 aliphatic carbocycles. The molecule has 2 aromatic rings. The van der Waals surface area contributed by atoms with Gasteiger partial charge in [-0.15, -0.1) is 0 Å². The molecule has 0 amide bonds. The first-order valence-corrected chi connectivity index (χ1v) is 6.40. The van der Waals surface area contributed by atoms with Gasteiger partial charge < -0.3 is 4.74 Å². The number of nitrogens with zero attached hydrogens (tertiary/aromatic N) is 3. The van der Waals surface area contributed by atoms with Crippen LogP contribution in [0.2, 0.25) is 15.2 Å². The Bertz CT molecular complexity index is 628. The molecule has 100 valence electrons. The Hall–Kier alpha value is -1.30. The molecule has 0 spiro atoms. The highest BCUT2D eigenvalue weighted by molar-refractivity contribution is 6.36. The number of aromatic nitrogens is 3. The lowest BCUT2D eigenvalue weighted by Crippen LogP contribution is -2.05. The van der Waals surface area contributed by atoms with E-state index in [-0.39, 0.29) is 28.2 Å². The maximum atomic E-state index is 11.6. The van der Waals surface area contributed by atoms with Crippen LogP contribution in [-0.4, -0.2) is 27.3 Å². The molecular formula is C11H8Cl3N3O2. The third-order valence-corrected chi connectivity index (χ3v) is 3.04. The van der Waals surface area contributed by atoms with Crippen molar-refractivity contribution < 1.29 is 9.53 Å². The minimum atomic E-state index is -0.552. The zero-order valence-corrected chi connectivity index (χ0v) is 12.0. The van der Waals surface area contributed by atoms with Gasteiger partial charge in [0.15, 0.2) is 5.82 Å². The van der Waals surface area contributed by atoms with E-state index in [0.29, 0.717) is 5.02 Å². The molecule has 5 nitrogen and oxygen atoms in total. The zero-order chi connectivity index (χ0) is 14.0. The predicted molar refractivity (Wildman–Crippen MR) is 72.3 cm³/mol. The topological polar surface area (TPSA) is 57.0 Å². The Morgan fingerprint density at radius 2 is 2.11 bits per heavy atom. The van der Waals surface area contributed by atoms with Gasteiger partial charge in [0.1, 0.15) is 10.7 Å². The molecular weight excluding hydrogens is 312 g/mol. The Kier molecular flexibility index (Phi) is 4.29. The number of hydrogen-bond acceptors (Lipinski definition) is 4. The fourth-order valence-electron chi connectivity index (χ4n) is 1.39. The molecule has 0 saturated heterocycles. The van der Waals surface area contributed by atoms with Crippen molar-refractivity contribution in [1.82, 2.24) is 14.8 Å². The standard InChI is InChI=1S/C11H8Cl3N3O2/c1-2-19-11(18)7-5-16-17(9(7)14)10-8(13)3-6(12)4-15-10/h3-5H,2H2,1H3. The number of ether oxygens (including phenoxy) is 1. The molecule has 2 aromatic heterocycles. The first-order chi connectivity index (χ1) is 9.04. The van der Waals surface area contributed by atoms with E-state index in [2.05, 4.69) is 10.1 Å². The van der Waals surface area contributed by atoms with Crippen LogP contribution in [0, 0.1) is 0 Å². The number of pyridine rings is 1. The zero-order valence-electron chi connectivity index (χ0n) is 9.73. The van der Waals surface area contributed by atoms with Crippen LogP contribution in [0.3, 0.4) is 0 Å². The number of carbonyl (C=O) groups is 1. The summed E-state index contributed by atoms with van der Waals surface area (Å²) in [6.45, 7) is 1.95. The van der Waals surface area contributed by atoms with E-state index in [1.54, 1.807) is 6.92 Å². The van der Waals surface area contributed by atoms with Gasteiger partial charge in [0.2, 0.25) is 0 Å². The van der Waals surface area contributed by atoms with Crippen molar-refractivity contribution in [3.8, 4) is 5.82 Å². The molecule has 0 aliphatic rings. The summed E-state index contributed by atoms with van der Waals surface area (Å²) in [5, 5.41) is 4.72. The second-order valence-corrected chi connectivity index (χ2v) is 4.64. The van der Waals surface area contributed by atoms with E-state index in [0.717, 1.165) is 0 Å². The van der Waals surface area contributed by atoms with Gasteiger partial charge >= 0.3 is 5.97 Å². The van der Waals surface area contributed by atoms with Gasteiger partial charge in [-0.05, 0) is 13.0 Å². The van der Waals surface area contributed by atoms with Gasteiger partial charge in [0.25, 0.3) is 0 Å². The SMILES string of the molecule is CCOC(=O)c1cnn(-c2ncc(Cl)cc2Cl)c1Cl. The van der Waals surface area contributed by atoms with Crippen LogP contribution in [-0.2, 0) is 4.74 Å². The van der Waals surface area contributed by atoms with Crippen LogP contribution in [0.15, 0.2) is 18.5 Å². The Morgan fingerprint density at radius 3 is 2.74 bits per heavy atom. The van der Waals surface area contributed by atoms with Crippen molar-refractivity contribution in [1.29, 1.82) is 0 Å². The third kappa shape index (κ3) is 2.83. The van der Waals surface area contributed by atoms with Crippen LogP contribution in [0.5, 0.6) is 0 Å². The van der Waals surface area contributed by atoms with Gasteiger partial charge in [-0.25, -0.2) is 14.5 Å². The average molecular weight is 321 g/mol. The lowest BCUT2D eigenvalue weighted by molar-refractivity contribution is 0.0526. The molecule has 0 aliphatic heterocycles. The smallest absolute Gasteiger partial charge is 0.342 e. The van der Waals surface area contributed by atoms with Crippen molar-refractivity contribution >= 4 is 40.8 Å². The minimum Gasteiger partial charge on any atom is -0.462 e. The van der Waals surface area contributed by atoms with E-state index in [9.17, 15) is 4.79 Å². The summed E-state index contributed by atoms with van der Waals surface area (Å²) in [5.74, 6) is -0.268. The monoisotopic (exact) mass is 319 g/mol. The molecule has 2 rings (SSSR count). The van der Waals surface area contributed by atoms with Crippen molar-refractivity contribution in [2.75, 3.05) is 6.61 Å². The second kappa shape index (κ2) is 5.77. The number of carbonyl (C=O) groups excluding carboxylic acids is 1. The van der Waals surface area contributed by atoms with E-state index in [1.807, 2.05) is 0 Å². The summed E-state index contributed by atoms with van der Waals surface area (Å²) >= 11 is 17.8. The van der Waals surface area contributed by atoms with Crippen molar-refractivity contribution in [2.24, 2.45) is 0 Å². The summed E-state index contributed by atoms with van der Waals surface area (Å²) in [6, 6.07) is 1.51. The number of halogens is 3. The predicted octanol–water partition coefficient (Wildman–Crippen LogP) is 3.40. The van der Waals surface area contributed by atoms with Gasteiger partial charge in [0.05, 0.1) is 22.8 Å². The van der Waals surface area contributed by atoms with Gasteiger partial charge in [-0.3, -0.25) is 0 Å². The Labute approximate surface area is 124 Å². The minimum absolute atomic E-state index is 0.0789. The summed E-state index contributed by atoms with van der Waals surface area (Å²) < 4.78 is 6.10. The highest BCUT2D eigenvalue weighted by Crippen LogP contribution is 2.26. The van der Waals surface area contributed by atoms with Crippen molar-refractivity contribution in [2.45, 2.75) is 6.92 Å². The summed E-state index contributed by atoms with van der Waals surface area (Å²) in [4.78, 5) is 15.6. The quantitative estimate of drug-likeness (QED) is 0.813. The van der Waals surface area contributed by atoms with Gasteiger partial charge in [-0.2, -0.15) is 5.10 Å². The number of esters is 1. The number of hydrogen-bond donors (Lipinski definition) is 0. The third-order valence-electron chi connectivity index (χ3n) is 2.19. The first kappa shape index (κ1) is 14.1. The maximum Gasteiger partial charge on any atom is 0.342 e. The molecule has 0 saturated carbocycles. The van der Waals surface area contributed by atoms with Crippen LogP contribution in [0.25, 0.3) is 5.82 Å². The Balaban J connectivity index is 2.44. The normalized spacial score (nSPS) is 10.5. The molecule has 0 fully saturated rings. The summed E-state index contributed by atoms with van der Waals surface area (Å²) in [7, 11) is 0. The molecule has 0 unspecified atom stereocenters. The molecule has 19 heavy (non-hydrogen) atoms. The first-order valence-electron chi connectivity index (χ1n) is 5.26. The second-order valence-electron chi connectivity index (χ2n) is 3.44. The average Bonchev–Trinajstić information content (AvgIpc) is 2.72. The molecule has 2 heterocycles.